The summed E-state index contributed by atoms with van der Waals surface area (Å²) < 4.78 is 16.1. The molecule has 1 aliphatic heterocycles. The SMILES string of the molecule is COc1cc(NC2=NC(=NC=C(C)NCc3ccccc3)S2)cc(OC)c1OC. The molecule has 0 saturated heterocycles. The highest BCUT2D eigenvalue weighted by atomic mass is 32.2. The standard InChI is InChI=1S/C21H24N4O3S/c1-14(22-13-15-8-6-5-7-9-15)12-23-20-25-21(29-20)24-16-10-17(26-2)19(28-4)18(11-16)27-3/h5-12,22H,13H2,1-4H3,(H,23,24,25). The molecule has 0 spiro atoms. The second-order valence-electron chi connectivity index (χ2n) is 6.12. The Balaban J connectivity index is 1.59. The number of nitrogens with zero attached hydrogens (tertiary/aromatic N) is 2. The van der Waals surface area contributed by atoms with Crippen LogP contribution in [0, 0.1) is 0 Å². The lowest BCUT2D eigenvalue weighted by Crippen LogP contribution is -2.19. The first-order valence-corrected chi connectivity index (χ1v) is 9.80. The van der Waals surface area contributed by atoms with Gasteiger partial charge in [0.15, 0.2) is 21.8 Å². The van der Waals surface area contributed by atoms with E-state index in [-0.39, 0.29) is 0 Å². The number of ether oxygens (including phenoxy) is 3. The predicted molar refractivity (Wildman–Crippen MR) is 119 cm³/mol. The highest BCUT2D eigenvalue weighted by molar-refractivity contribution is 8.29. The average Bonchev–Trinajstić information content (AvgIpc) is 2.73. The summed E-state index contributed by atoms with van der Waals surface area (Å²) in [6.07, 6.45) is 1.78. The Morgan fingerprint density at radius 1 is 1.07 bits per heavy atom. The second-order valence-corrected chi connectivity index (χ2v) is 7.08. The molecule has 3 rings (SSSR count). The number of hydrogen-bond donors (Lipinski definition) is 2. The predicted octanol–water partition coefficient (Wildman–Crippen LogP) is 4.23. The molecular weight excluding hydrogens is 388 g/mol. The van der Waals surface area contributed by atoms with E-state index < -0.39 is 0 Å². The van der Waals surface area contributed by atoms with Crippen LogP contribution in [0.1, 0.15) is 12.5 Å². The van der Waals surface area contributed by atoms with Crippen molar-refractivity contribution >= 4 is 27.8 Å². The summed E-state index contributed by atoms with van der Waals surface area (Å²) in [6.45, 7) is 2.74. The van der Waals surface area contributed by atoms with Crippen LogP contribution in [0.3, 0.4) is 0 Å². The van der Waals surface area contributed by atoms with E-state index in [0.717, 1.165) is 23.1 Å². The Labute approximate surface area is 174 Å². The van der Waals surface area contributed by atoms with Gasteiger partial charge in [-0.3, -0.25) is 0 Å². The smallest absolute Gasteiger partial charge is 0.203 e. The van der Waals surface area contributed by atoms with E-state index in [1.165, 1.54) is 17.3 Å². The molecule has 152 valence electrons. The minimum atomic E-state index is 0.551. The number of rotatable bonds is 8. The van der Waals surface area contributed by atoms with E-state index in [1.807, 2.05) is 37.3 Å². The van der Waals surface area contributed by atoms with Crippen molar-refractivity contribution in [1.29, 1.82) is 0 Å². The summed E-state index contributed by atoms with van der Waals surface area (Å²) in [5.41, 5.74) is 2.99. The monoisotopic (exact) mass is 412 g/mol. The second kappa shape index (κ2) is 9.88. The maximum absolute atomic E-state index is 5.36. The topological polar surface area (TPSA) is 76.5 Å². The first kappa shape index (κ1) is 20.6. The van der Waals surface area contributed by atoms with Crippen LogP contribution in [-0.4, -0.2) is 31.7 Å². The molecule has 2 N–H and O–H groups in total. The molecule has 0 atom stereocenters. The van der Waals surface area contributed by atoms with Crippen LogP contribution in [0.4, 0.5) is 5.69 Å². The largest absolute Gasteiger partial charge is 0.493 e. The van der Waals surface area contributed by atoms with Crippen LogP contribution in [0.5, 0.6) is 17.2 Å². The van der Waals surface area contributed by atoms with Gasteiger partial charge in [0, 0.05) is 36.3 Å². The number of benzene rings is 2. The Morgan fingerprint density at radius 2 is 1.72 bits per heavy atom. The van der Waals surface area contributed by atoms with Crippen molar-refractivity contribution in [1.82, 2.24) is 5.32 Å². The summed E-state index contributed by atoms with van der Waals surface area (Å²) in [4.78, 5) is 8.78. The summed E-state index contributed by atoms with van der Waals surface area (Å²) in [5, 5.41) is 8.00. The van der Waals surface area contributed by atoms with Crippen molar-refractivity contribution in [3.63, 3.8) is 0 Å². The van der Waals surface area contributed by atoms with Gasteiger partial charge >= 0.3 is 0 Å². The van der Waals surface area contributed by atoms with Crippen LogP contribution in [0.15, 0.2) is 64.3 Å². The lowest BCUT2D eigenvalue weighted by atomic mass is 10.2. The lowest BCUT2D eigenvalue weighted by molar-refractivity contribution is 0.324. The van der Waals surface area contributed by atoms with Crippen LogP contribution in [-0.2, 0) is 6.54 Å². The Morgan fingerprint density at radius 3 is 2.31 bits per heavy atom. The quantitative estimate of drug-likeness (QED) is 0.676. The molecule has 0 aliphatic carbocycles. The Kier molecular flexibility index (Phi) is 7.02. The van der Waals surface area contributed by atoms with Gasteiger partial charge in [-0.25, -0.2) is 4.99 Å². The molecule has 2 aromatic rings. The van der Waals surface area contributed by atoms with Crippen molar-refractivity contribution in [2.45, 2.75) is 13.5 Å². The molecule has 0 aromatic heterocycles. The number of allylic oxidation sites excluding steroid dienone is 1. The lowest BCUT2D eigenvalue weighted by Gasteiger charge is -2.18. The van der Waals surface area contributed by atoms with Gasteiger partial charge in [0.1, 0.15) is 0 Å². The average molecular weight is 413 g/mol. The van der Waals surface area contributed by atoms with Gasteiger partial charge in [0.25, 0.3) is 0 Å². The molecule has 8 heteroatoms. The van der Waals surface area contributed by atoms with Gasteiger partial charge < -0.3 is 24.8 Å². The highest BCUT2D eigenvalue weighted by Crippen LogP contribution is 2.40. The fourth-order valence-corrected chi connectivity index (χ4v) is 3.18. The maximum Gasteiger partial charge on any atom is 0.203 e. The van der Waals surface area contributed by atoms with Crippen LogP contribution in [0.25, 0.3) is 0 Å². The van der Waals surface area contributed by atoms with Gasteiger partial charge in [-0.1, -0.05) is 30.3 Å². The molecule has 2 aromatic carbocycles. The molecule has 0 unspecified atom stereocenters. The molecular formula is C21H24N4O3S. The molecule has 0 bridgehead atoms. The van der Waals surface area contributed by atoms with E-state index in [0.29, 0.717) is 22.4 Å². The molecule has 7 nitrogen and oxygen atoms in total. The fourth-order valence-electron chi connectivity index (χ4n) is 2.60. The number of anilines is 1. The van der Waals surface area contributed by atoms with E-state index in [2.05, 4.69) is 32.8 Å². The molecule has 0 fully saturated rings. The zero-order chi connectivity index (χ0) is 20.6. The maximum atomic E-state index is 5.36. The number of thioether (sulfide) groups is 1. The Hall–Kier alpha value is -3.13. The third-order valence-electron chi connectivity index (χ3n) is 4.08. The molecule has 1 aliphatic rings. The summed E-state index contributed by atoms with van der Waals surface area (Å²) in [5.74, 6) is 1.71. The highest BCUT2D eigenvalue weighted by Gasteiger charge is 2.19. The zero-order valence-electron chi connectivity index (χ0n) is 16.9. The van der Waals surface area contributed by atoms with Crippen LogP contribution >= 0.6 is 11.8 Å². The fraction of sp³-hybridized carbons (Fsp3) is 0.238. The number of hydrogen-bond acceptors (Lipinski definition) is 7. The van der Waals surface area contributed by atoms with Crippen molar-refractivity contribution in [3.05, 3.63) is 59.9 Å². The van der Waals surface area contributed by atoms with Gasteiger partial charge in [-0.15, -0.1) is 0 Å². The van der Waals surface area contributed by atoms with Crippen LogP contribution < -0.4 is 24.8 Å². The summed E-state index contributed by atoms with van der Waals surface area (Å²) >= 11 is 1.47. The van der Waals surface area contributed by atoms with Crippen molar-refractivity contribution in [2.75, 3.05) is 26.6 Å². The van der Waals surface area contributed by atoms with E-state index in [9.17, 15) is 0 Å². The molecule has 29 heavy (non-hydrogen) atoms. The van der Waals surface area contributed by atoms with E-state index >= 15 is 0 Å². The van der Waals surface area contributed by atoms with Gasteiger partial charge in [0.05, 0.1) is 21.3 Å². The first-order valence-electron chi connectivity index (χ1n) is 8.99. The normalized spacial score (nSPS) is 14.7. The van der Waals surface area contributed by atoms with Gasteiger partial charge in [0.2, 0.25) is 5.75 Å². The minimum absolute atomic E-state index is 0.551. The number of nitrogens with one attached hydrogen (secondary N) is 2. The van der Waals surface area contributed by atoms with Crippen molar-refractivity contribution < 1.29 is 14.2 Å². The van der Waals surface area contributed by atoms with E-state index in [4.69, 9.17) is 14.2 Å². The van der Waals surface area contributed by atoms with Gasteiger partial charge in [-0.2, -0.15) is 4.99 Å². The number of methoxy groups -OCH3 is 3. The molecule has 1 heterocycles. The minimum Gasteiger partial charge on any atom is -0.493 e. The zero-order valence-corrected chi connectivity index (χ0v) is 17.7. The Bertz CT molecular complexity index is 917. The number of aliphatic imine (C=N–C) groups is 2. The summed E-state index contributed by atoms with van der Waals surface area (Å²) in [6, 6.07) is 13.9. The van der Waals surface area contributed by atoms with Crippen molar-refractivity contribution in [3.8, 4) is 17.2 Å². The van der Waals surface area contributed by atoms with Crippen LogP contribution in [0.2, 0.25) is 0 Å². The number of amidine groups is 2. The third kappa shape index (κ3) is 5.45. The summed E-state index contributed by atoms with van der Waals surface area (Å²) in [7, 11) is 4.75. The molecule has 0 saturated carbocycles. The first-order chi connectivity index (χ1) is 14.1. The van der Waals surface area contributed by atoms with Gasteiger partial charge in [-0.05, 0) is 24.2 Å². The van der Waals surface area contributed by atoms with Crippen molar-refractivity contribution in [2.24, 2.45) is 9.98 Å². The molecule has 0 amide bonds. The van der Waals surface area contributed by atoms with E-state index in [1.54, 1.807) is 27.5 Å². The molecule has 0 radical (unpaired) electrons. The third-order valence-corrected chi connectivity index (χ3v) is 4.85.